The zero-order valence-corrected chi connectivity index (χ0v) is 20.8. The molecule has 2 aromatic heterocycles. The highest BCUT2D eigenvalue weighted by Crippen LogP contribution is 2.55. The van der Waals surface area contributed by atoms with Crippen LogP contribution in [0.2, 0.25) is 10.0 Å². The van der Waals surface area contributed by atoms with Crippen molar-refractivity contribution < 1.29 is 34.3 Å². The van der Waals surface area contributed by atoms with Gasteiger partial charge in [0.05, 0.1) is 9.75 Å². The number of benzene rings is 2. The smallest absolute Gasteiger partial charge is 0.360 e. The van der Waals surface area contributed by atoms with Crippen LogP contribution in [-0.4, -0.2) is 25.9 Å². The molecule has 32 heavy (non-hydrogen) atoms. The Balaban J connectivity index is 2.16. The van der Waals surface area contributed by atoms with Crippen LogP contribution in [0.5, 0.6) is 11.5 Å². The summed E-state index contributed by atoms with van der Waals surface area (Å²) in [6.45, 7) is 3.35. The molecule has 8 nitrogen and oxygen atoms in total. The van der Waals surface area contributed by atoms with Gasteiger partial charge < -0.3 is 8.37 Å². The number of rotatable bonds is 5. The maximum atomic E-state index is 11.6. The molecule has 0 aliphatic heterocycles. The molecule has 0 bridgehead atoms. The van der Waals surface area contributed by atoms with Gasteiger partial charge in [-0.05, 0) is 49.2 Å². The van der Waals surface area contributed by atoms with E-state index >= 15 is 0 Å². The highest BCUT2D eigenvalue weighted by Gasteiger charge is 2.29. The van der Waals surface area contributed by atoms with E-state index < -0.39 is 20.8 Å². The number of fused-ring (bicyclic) bond motifs is 2. The lowest BCUT2D eigenvalue weighted by atomic mass is 10.1. The molecule has 0 aliphatic carbocycles. The molecule has 0 spiro atoms. The lowest BCUT2D eigenvalue weighted by Crippen LogP contribution is -2.08. The molecule has 2 N–H and O–H groups in total. The van der Waals surface area contributed by atoms with Crippen molar-refractivity contribution in [2.75, 3.05) is 0 Å². The van der Waals surface area contributed by atoms with Gasteiger partial charge in [0.25, 0.3) is 0 Å². The molecule has 0 radical (unpaired) electrons. The quantitative estimate of drug-likeness (QED) is 0.284. The molecule has 0 atom stereocenters. The van der Waals surface area contributed by atoms with Gasteiger partial charge in [-0.3, -0.25) is 9.11 Å². The van der Waals surface area contributed by atoms with Gasteiger partial charge in [0.15, 0.2) is 11.5 Å². The van der Waals surface area contributed by atoms with Gasteiger partial charge >= 0.3 is 20.8 Å². The predicted molar refractivity (Wildman–Crippen MR) is 126 cm³/mol. The van der Waals surface area contributed by atoms with Gasteiger partial charge in [-0.15, -0.1) is 22.7 Å². The highest BCUT2D eigenvalue weighted by molar-refractivity contribution is 7.81. The Kier molecular flexibility index (Phi) is 5.87. The van der Waals surface area contributed by atoms with Crippen LogP contribution in [0.25, 0.3) is 29.9 Å². The second-order valence-electron chi connectivity index (χ2n) is 6.73. The molecule has 0 unspecified atom stereocenters. The van der Waals surface area contributed by atoms with E-state index in [2.05, 4.69) is 0 Å². The average Bonchev–Trinajstić information content (AvgIpc) is 3.10. The van der Waals surface area contributed by atoms with Gasteiger partial charge in [0, 0.05) is 30.2 Å². The van der Waals surface area contributed by atoms with Crippen molar-refractivity contribution in [3.8, 4) is 21.3 Å². The monoisotopic (exact) mass is 554 g/mol. The number of hydrogen-bond acceptors (Lipinski definition) is 8. The van der Waals surface area contributed by atoms with Crippen molar-refractivity contribution in [1.82, 2.24) is 0 Å². The number of thiophene rings is 2. The Bertz CT molecular complexity index is 1500. The van der Waals surface area contributed by atoms with E-state index in [4.69, 9.17) is 31.6 Å². The number of aryl methyl sites for hydroxylation is 2. The Hall–Kier alpha value is -1.64. The first-order chi connectivity index (χ1) is 14.7. The summed E-state index contributed by atoms with van der Waals surface area (Å²) in [7, 11) is -9.88. The number of hydrogen-bond donors (Lipinski definition) is 2. The summed E-state index contributed by atoms with van der Waals surface area (Å²) in [5.41, 5.74) is 1.12. The molecule has 4 aromatic rings. The lowest BCUT2D eigenvalue weighted by Gasteiger charge is -2.08. The molecule has 2 heterocycles. The van der Waals surface area contributed by atoms with Crippen LogP contribution in [0.3, 0.4) is 0 Å². The number of halogens is 2. The molecule has 0 saturated carbocycles. The summed E-state index contributed by atoms with van der Waals surface area (Å²) < 4.78 is 76.1. The summed E-state index contributed by atoms with van der Waals surface area (Å²) in [6, 6.07) is 6.32. The Labute approximate surface area is 200 Å². The van der Waals surface area contributed by atoms with E-state index in [9.17, 15) is 25.9 Å². The second-order valence-corrected chi connectivity index (χ2v) is 11.8. The van der Waals surface area contributed by atoms with E-state index in [1.165, 1.54) is 0 Å². The van der Waals surface area contributed by atoms with Crippen LogP contribution >= 0.6 is 45.9 Å². The van der Waals surface area contributed by atoms with Crippen LogP contribution in [-0.2, 0) is 20.8 Å². The second kappa shape index (κ2) is 7.99. The van der Waals surface area contributed by atoms with E-state index in [0.29, 0.717) is 41.3 Å². The molecular formula is C18H12Cl2O8S4. The third-order valence-corrected chi connectivity index (χ3v) is 7.99. The average molecular weight is 555 g/mol. The van der Waals surface area contributed by atoms with Crippen molar-refractivity contribution in [1.29, 1.82) is 0 Å². The minimum Gasteiger partial charge on any atom is -0.360 e. The van der Waals surface area contributed by atoms with Crippen molar-refractivity contribution in [2.45, 2.75) is 13.8 Å². The summed E-state index contributed by atoms with van der Waals surface area (Å²) >= 11 is 14.4. The first-order valence-corrected chi connectivity index (χ1v) is 13.6. The lowest BCUT2D eigenvalue weighted by molar-refractivity contribution is 0.385. The minimum atomic E-state index is -4.94. The van der Waals surface area contributed by atoms with Crippen molar-refractivity contribution in [2.24, 2.45) is 0 Å². The normalized spacial score (nSPS) is 12.6. The zero-order chi connectivity index (χ0) is 23.6. The van der Waals surface area contributed by atoms with Crippen molar-refractivity contribution in [3.05, 3.63) is 45.4 Å². The van der Waals surface area contributed by atoms with Gasteiger partial charge in [0.2, 0.25) is 0 Å². The topological polar surface area (TPSA) is 127 Å². The SMILES string of the molecule is Cc1cc(Cl)cc2sc(-c3sc4cc(Cl)cc(C)c4c3OS(=O)(=O)O)c(OS(=O)(=O)O)c12. The fourth-order valence-corrected chi connectivity index (χ4v) is 7.53. The first kappa shape index (κ1) is 23.5. The fraction of sp³-hybridized carbons (Fsp3) is 0.111. The summed E-state index contributed by atoms with van der Waals surface area (Å²) in [5, 5.41) is 1.48. The predicted octanol–water partition coefficient (Wildman–Crippen LogP) is 6.07. The third kappa shape index (κ3) is 4.54. The van der Waals surface area contributed by atoms with E-state index in [1.807, 2.05) is 0 Å². The van der Waals surface area contributed by atoms with Gasteiger partial charge in [0.1, 0.15) is 0 Å². The summed E-state index contributed by atoms with van der Waals surface area (Å²) in [4.78, 5) is 0.303. The minimum absolute atomic E-state index is 0.151. The molecule has 4 rings (SSSR count). The Morgan fingerprint density at radius 3 is 1.38 bits per heavy atom. The molecule has 14 heteroatoms. The Morgan fingerprint density at radius 1 is 0.719 bits per heavy atom. The zero-order valence-electron chi connectivity index (χ0n) is 16.0. The fourth-order valence-electron chi connectivity index (χ4n) is 3.38. The van der Waals surface area contributed by atoms with E-state index in [0.717, 1.165) is 22.7 Å². The summed E-state index contributed by atoms with van der Waals surface area (Å²) in [5.74, 6) is -0.450. The molecule has 2 aromatic carbocycles. The van der Waals surface area contributed by atoms with E-state index in [-0.39, 0.29) is 21.3 Å². The highest BCUT2D eigenvalue weighted by atomic mass is 35.5. The van der Waals surface area contributed by atoms with Gasteiger partial charge in [-0.1, -0.05) is 23.2 Å². The molecule has 0 fully saturated rings. The molecule has 170 valence electrons. The van der Waals surface area contributed by atoms with Crippen LogP contribution in [0, 0.1) is 13.8 Å². The molecule has 0 amide bonds. The third-order valence-electron chi connectivity index (χ3n) is 4.40. The molecule has 0 saturated heterocycles. The summed E-state index contributed by atoms with van der Waals surface area (Å²) in [6.07, 6.45) is 0. The largest absolute Gasteiger partial charge is 0.446 e. The first-order valence-electron chi connectivity index (χ1n) is 8.53. The van der Waals surface area contributed by atoms with Crippen molar-refractivity contribution >= 4 is 86.8 Å². The Morgan fingerprint density at radius 2 is 1.06 bits per heavy atom. The van der Waals surface area contributed by atoms with Crippen LogP contribution < -0.4 is 8.37 Å². The van der Waals surface area contributed by atoms with Gasteiger partial charge in [-0.25, -0.2) is 0 Å². The molecular weight excluding hydrogens is 543 g/mol. The van der Waals surface area contributed by atoms with Crippen molar-refractivity contribution in [3.63, 3.8) is 0 Å². The maximum Gasteiger partial charge on any atom is 0.446 e. The van der Waals surface area contributed by atoms with Crippen LogP contribution in [0.4, 0.5) is 0 Å². The van der Waals surface area contributed by atoms with E-state index in [1.54, 1.807) is 38.1 Å². The van der Waals surface area contributed by atoms with Crippen LogP contribution in [0.15, 0.2) is 24.3 Å². The molecule has 0 aliphatic rings. The standard InChI is InChI=1S/C18H12Cl2O8S4/c1-7-3-9(19)5-11-13(7)15(27-31(21,22)23)17(29-11)18-16(28-32(24,25)26)14-8(2)4-10(20)6-12(14)30-18/h3-6H,1-2H3,(H,21,22,23)(H,24,25,26). The maximum absolute atomic E-state index is 11.6. The van der Waals surface area contributed by atoms with Crippen LogP contribution in [0.1, 0.15) is 11.1 Å². The van der Waals surface area contributed by atoms with Gasteiger partial charge in [-0.2, -0.15) is 16.8 Å².